The van der Waals surface area contributed by atoms with Gasteiger partial charge in [-0.1, -0.05) is 19.9 Å². The highest BCUT2D eigenvalue weighted by molar-refractivity contribution is 5.65. The van der Waals surface area contributed by atoms with Crippen molar-refractivity contribution < 1.29 is 9.84 Å². The Balaban J connectivity index is 1.91. The van der Waals surface area contributed by atoms with Crippen molar-refractivity contribution >= 4 is 17.5 Å². The highest BCUT2D eigenvalue weighted by Crippen LogP contribution is 2.24. The van der Waals surface area contributed by atoms with Gasteiger partial charge < -0.3 is 20.5 Å². The number of ether oxygens (including phenoxy) is 1. The molecule has 1 atom stereocenters. The maximum atomic E-state index is 9.66. The Bertz CT molecular complexity index is 901. The Labute approximate surface area is 171 Å². The fourth-order valence-electron chi connectivity index (χ4n) is 2.76. The van der Waals surface area contributed by atoms with E-state index in [2.05, 4.69) is 25.6 Å². The van der Waals surface area contributed by atoms with Crippen LogP contribution in [-0.2, 0) is 0 Å². The van der Waals surface area contributed by atoms with Gasteiger partial charge in [-0.05, 0) is 49.2 Å². The molecule has 3 N–H and O–H groups in total. The summed E-state index contributed by atoms with van der Waals surface area (Å²) in [5.74, 6) is 2.12. The van der Waals surface area contributed by atoms with Gasteiger partial charge in [0.2, 0.25) is 5.95 Å². The molecule has 0 saturated carbocycles. The summed E-state index contributed by atoms with van der Waals surface area (Å²) in [6, 6.07) is 15.1. The summed E-state index contributed by atoms with van der Waals surface area (Å²) in [7, 11) is 0. The van der Waals surface area contributed by atoms with E-state index in [0.29, 0.717) is 24.1 Å². The molecule has 0 aliphatic carbocycles. The minimum absolute atomic E-state index is 0.00348. The van der Waals surface area contributed by atoms with E-state index in [1.54, 1.807) is 6.20 Å². The predicted molar refractivity (Wildman–Crippen MR) is 115 cm³/mol. The Kier molecular flexibility index (Phi) is 6.97. The van der Waals surface area contributed by atoms with E-state index < -0.39 is 0 Å². The first-order valence-corrected chi connectivity index (χ1v) is 9.76. The molecule has 0 radical (unpaired) electrons. The van der Waals surface area contributed by atoms with Crippen LogP contribution >= 0.6 is 0 Å². The summed E-state index contributed by atoms with van der Waals surface area (Å²) >= 11 is 0. The molecule has 0 fully saturated rings. The third kappa shape index (κ3) is 5.65. The van der Waals surface area contributed by atoms with E-state index in [1.165, 1.54) is 0 Å². The summed E-state index contributed by atoms with van der Waals surface area (Å²) in [5, 5.41) is 16.2. The van der Waals surface area contributed by atoms with Crippen LogP contribution in [-0.4, -0.2) is 39.3 Å². The number of hydrogen-bond acceptors (Lipinski definition) is 7. The second-order valence-corrected chi connectivity index (χ2v) is 6.94. The van der Waals surface area contributed by atoms with Crippen molar-refractivity contribution in [3.8, 4) is 17.1 Å². The van der Waals surface area contributed by atoms with Gasteiger partial charge in [0, 0.05) is 18.0 Å². The first-order chi connectivity index (χ1) is 14.1. The maximum absolute atomic E-state index is 9.66. The molecule has 0 amide bonds. The number of aliphatic hydroxyl groups is 1. The van der Waals surface area contributed by atoms with Crippen molar-refractivity contribution in [2.45, 2.75) is 26.8 Å². The number of rotatable bonds is 9. The lowest BCUT2D eigenvalue weighted by Crippen LogP contribution is -2.30. The quantitative estimate of drug-likeness (QED) is 0.504. The zero-order chi connectivity index (χ0) is 20.6. The Hall–Kier alpha value is -3.19. The lowest BCUT2D eigenvalue weighted by atomic mass is 10.1. The van der Waals surface area contributed by atoms with Crippen LogP contribution in [0.4, 0.5) is 17.5 Å². The second-order valence-electron chi connectivity index (χ2n) is 6.94. The summed E-state index contributed by atoms with van der Waals surface area (Å²) in [6.07, 6.45) is 1.73. The zero-order valence-corrected chi connectivity index (χ0v) is 17.0. The fourth-order valence-corrected chi connectivity index (χ4v) is 2.76. The number of nitrogens with one attached hydrogen (secondary N) is 2. The van der Waals surface area contributed by atoms with Gasteiger partial charge in [-0.2, -0.15) is 4.98 Å². The van der Waals surface area contributed by atoms with Crippen molar-refractivity contribution in [3.63, 3.8) is 0 Å². The molecule has 152 valence electrons. The van der Waals surface area contributed by atoms with E-state index in [-0.39, 0.29) is 18.6 Å². The van der Waals surface area contributed by atoms with Crippen LogP contribution in [0.25, 0.3) is 11.4 Å². The average molecular weight is 393 g/mol. The maximum Gasteiger partial charge on any atom is 0.225 e. The Morgan fingerprint density at radius 1 is 1.03 bits per heavy atom. The number of pyridine rings is 1. The summed E-state index contributed by atoms with van der Waals surface area (Å²) in [4.78, 5) is 13.6. The lowest BCUT2D eigenvalue weighted by Gasteiger charge is -2.20. The number of aliphatic hydroxyl groups excluding tert-OH is 1. The van der Waals surface area contributed by atoms with Gasteiger partial charge >= 0.3 is 0 Å². The van der Waals surface area contributed by atoms with Gasteiger partial charge in [0.25, 0.3) is 0 Å². The molecule has 3 rings (SSSR count). The van der Waals surface area contributed by atoms with E-state index in [1.807, 2.05) is 69.3 Å². The SMILES string of the molecule is CCOc1ccc(Nc2cc(-c3ccccn3)nc(N[C@@H](CO)C(C)C)n2)cc1. The minimum atomic E-state index is -0.146. The van der Waals surface area contributed by atoms with Crippen LogP contribution in [0, 0.1) is 5.92 Å². The molecule has 2 aromatic heterocycles. The number of benzene rings is 1. The molecular weight excluding hydrogens is 366 g/mol. The van der Waals surface area contributed by atoms with Crippen LogP contribution in [0.15, 0.2) is 54.7 Å². The highest BCUT2D eigenvalue weighted by Gasteiger charge is 2.15. The van der Waals surface area contributed by atoms with Crippen molar-refractivity contribution in [2.24, 2.45) is 5.92 Å². The van der Waals surface area contributed by atoms with Crippen molar-refractivity contribution in [1.82, 2.24) is 15.0 Å². The predicted octanol–water partition coefficient (Wildman–Crippen LogP) is 4.11. The van der Waals surface area contributed by atoms with E-state index in [9.17, 15) is 5.11 Å². The van der Waals surface area contributed by atoms with Gasteiger partial charge in [0.15, 0.2) is 0 Å². The largest absolute Gasteiger partial charge is 0.494 e. The molecule has 29 heavy (non-hydrogen) atoms. The average Bonchev–Trinajstić information content (AvgIpc) is 2.74. The molecular formula is C22H27N5O2. The molecule has 0 saturated heterocycles. The van der Waals surface area contributed by atoms with E-state index >= 15 is 0 Å². The summed E-state index contributed by atoms with van der Waals surface area (Å²) < 4.78 is 5.49. The lowest BCUT2D eigenvalue weighted by molar-refractivity contribution is 0.248. The minimum Gasteiger partial charge on any atom is -0.494 e. The number of hydrogen-bond donors (Lipinski definition) is 3. The van der Waals surface area contributed by atoms with Gasteiger partial charge in [-0.15, -0.1) is 0 Å². The first-order valence-electron chi connectivity index (χ1n) is 9.76. The van der Waals surface area contributed by atoms with Gasteiger partial charge in [0.1, 0.15) is 11.6 Å². The third-order valence-corrected chi connectivity index (χ3v) is 4.41. The van der Waals surface area contributed by atoms with E-state index in [0.717, 1.165) is 17.1 Å². The van der Waals surface area contributed by atoms with Crippen LogP contribution in [0.2, 0.25) is 0 Å². The smallest absolute Gasteiger partial charge is 0.225 e. The zero-order valence-electron chi connectivity index (χ0n) is 17.0. The Morgan fingerprint density at radius 2 is 1.83 bits per heavy atom. The normalized spacial score (nSPS) is 11.9. The van der Waals surface area contributed by atoms with Gasteiger partial charge in [0.05, 0.1) is 30.6 Å². The van der Waals surface area contributed by atoms with Crippen molar-refractivity contribution in [2.75, 3.05) is 23.8 Å². The topological polar surface area (TPSA) is 92.2 Å². The fraction of sp³-hybridized carbons (Fsp3) is 0.318. The van der Waals surface area contributed by atoms with Crippen LogP contribution in [0.3, 0.4) is 0 Å². The molecule has 7 nitrogen and oxygen atoms in total. The number of aromatic nitrogens is 3. The molecule has 3 aromatic rings. The summed E-state index contributed by atoms with van der Waals surface area (Å²) in [5.41, 5.74) is 2.32. The molecule has 0 spiro atoms. The van der Waals surface area contributed by atoms with Crippen molar-refractivity contribution in [3.05, 3.63) is 54.7 Å². The van der Waals surface area contributed by atoms with Crippen LogP contribution in [0.5, 0.6) is 5.75 Å². The third-order valence-electron chi connectivity index (χ3n) is 4.41. The second kappa shape index (κ2) is 9.84. The number of nitrogens with zero attached hydrogens (tertiary/aromatic N) is 3. The first kappa shape index (κ1) is 20.5. The highest BCUT2D eigenvalue weighted by atomic mass is 16.5. The molecule has 0 bridgehead atoms. The molecule has 0 unspecified atom stereocenters. The van der Waals surface area contributed by atoms with Gasteiger partial charge in [-0.25, -0.2) is 4.98 Å². The molecule has 0 aliphatic rings. The van der Waals surface area contributed by atoms with Gasteiger partial charge in [-0.3, -0.25) is 4.98 Å². The number of anilines is 3. The van der Waals surface area contributed by atoms with Crippen LogP contribution < -0.4 is 15.4 Å². The monoisotopic (exact) mass is 393 g/mol. The van der Waals surface area contributed by atoms with Crippen molar-refractivity contribution in [1.29, 1.82) is 0 Å². The standard InChI is InChI=1S/C22H27N5O2/c1-4-29-17-10-8-16(9-11-17)24-21-13-19(18-7-5-6-12-23-18)25-22(27-21)26-20(14-28)15(2)3/h5-13,15,20,28H,4,14H2,1-3H3,(H2,24,25,26,27)/t20-/m0/s1. The molecule has 7 heteroatoms. The van der Waals surface area contributed by atoms with Crippen LogP contribution in [0.1, 0.15) is 20.8 Å². The van der Waals surface area contributed by atoms with E-state index in [4.69, 9.17) is 4.74 Å². The molecule has 0 aliphatic heterocycles. The molecule has 2 heterocycles. The molecule has 1 aromatic carbocycles. The Morgan fingerprint density at radius 3 is 2.45 bits per heavy atom. The summed E-state index contributed by atoms with van der Waals surface area (Å²) in [6.45, 7) is 6.65.